The molecular weight excluding hydrogens is 331 g/mol. The fraction of sp³-hybridized carbons (Fsp3) is 0.647. The maximum Gasteiger partial charge on any atom is 0.128 e. The molecule has 1 aliphatic rings. The van der Waals surface area contributed by atoms with Gasteiger partial charge >= 0.3 is 0 Å². The summed E-state index contributed by atoms with van der Waals surface area (Å²) in [5.74, 6) is -0.136. The second-order valence-corrected chi connectivity index (χ2v) is 6.99. The van der Waals surface area contributed by atoms with E-state index in [0.717, 1.165) is 35.6 Å². The number of likely N-dealkylation sites (tertiary alicyclic amines) is 1. The zero-order valence-corrected chi connectivity index (χ0v) is 14.6. The van der Waals surface area contributed by atoms with Crippen LogP contribution in [-0.2, 0) is 0 Å². The highest BCUT2D eigenvalue weighted by Gasteiger charge is 2.17. The van der Waals surface area contributed by atoms with E-state index < -0.39 is 0 Å². The lowest BCUT2D eigenvalue weighted by molar-refractivity contribution is 0.158. The topological polar surface area (TPSA) is 15.3 Å². The summed E-state index contributed by atoms with van der Waals surface area (Å²) in [5, 5.41) is 3.43. The highest BCUT2D eigenvalue weighted by Crippen LogP contribution is 2.21. The number of nitrogens with one attached hydrogen (secondary N) is 1. The molecule has 0 aliphatic carbocycles. The van der Waals surface area contributed by atoms with Gasteiger partial charge in [-0.25, -0.2) is 4.39 Å². The van der Waals surface area contributed by atoms with Crippen LogP contribution < -0.4 is 5.32 Å². The van der Waals surface area contributed by atoms with Crippen molar-refractivity contribution in [2.75, 3.05) is 19.6 Å². The monoisotopic (exact) mass is 356 g/mol. The predicted molar refractivity (Wildman–Crippen MR) is 90.0 cm³/mol. The highest BCUT2D eigenvalue weighted by atomic mass is 79.9. The standard InChI is InChI=1S/C17H26BrFN2/c1-13-6-3-4-10-21(13)11-5-9-20-14(2)16-12-15(18)7-8-17(16)19/h7-8,12-14,20H,3-6,9-11H2,1-2H3. The van der Waals surface area contributed by atoms with Crippen molar-refractivity contribution in [1.82, 2.24) is 10.2 Å². The van der Waals surface area contributed by atoms with Crippen molar-refractivity contribution >= 4 is 15.9 Å². The third kappa shape index (κ3) is 5.04. The summed E-state index contributed by atoms with van der Waals surface area (Å²) >= 11 is 3.40. The molecule has 1 aliphatic heterocycles. The molecule has 2 nitrogen and oxygen atoms in total. The van der Waals surface area contributed by atoms with E-state index in [2.05, 4.69) is 33.1 Å². The summed E-state index contributed by atoms with van der Waals surface area (Å²) in [6.07, 6.45) is 5.14. The van der Waals surface area contributed by atoms with E-state index in [1.54, 1.807) is 6.07 Å². The summed E-state index contributed by atoms with van der Waals surface area (Å²) in [5.41, 5.74) is 0.732. The van der Waals surface area contributed by atoms with Crippen LogP contribution in [0.2, 0.25) is 0 Å². The van der Waals surface area contributed by atoms with Crippen molar-refractivity contribution in [3.63, 3.8) is 0 Å². The van der Waals surface area contributed by atoms with E-state index >= 15 is 0 Å². The van der Waals surface area contributed by atoms with Crippen LogP contribution in [0.5, 0.6) is 0 Å². The van der Waals surface area contributed by atoms with Crippen LogP contribution in [0, 0.1) is 5.82 Å². The van der Waals surface area contributed by atoms with Crippen LogP contribution in [0.3, 0.4) is 0 Å². The lowest BCUT2D eigenvalue weighted by Crippen LogP contribution is -2.39. The molecule has 0 spiro atoms. The maximum atomic E-state index is 13.8. The lowest BCUT2D eigenvalue weighted by atomic mass is 10.0. The average molecular weight is 357 g/mol. The second-order valence-electron chi connectivity index (χ2n) is 6.08. The molecule has 2 atom stereocenters. The number of hydrogen-bond acceptors (Lipinski definition) is 2. The summed E-state index contributed by atoms with van der Waals surface area (Å²) in [6.45, 7) is 7.65. The Hall–Kier alpha value is -0.450. The van der Waals surface area contributed by atoms with E-state index in [0.29, 0.717) is 0 Å². The number of hydrogen-bond donors (Lipinski definition) is 1. The minimum atomic E-state index is -0.136. The van der Waals surface area contributed by atoms with Crippen molar-refractivity contribution < 1.29 is 4.39 Å². The largest absolute Gasteiger partial charge is 0.310 e. The van der Waals surface area contributed by atoms with Crippen molar-refractivity contribution in [2.24, 2.45) is 0 Å². The van der Waals surface area contributed by atoms with Crippen LogP contribution in [-0.4, -0.2) is 30.6 Å². The second kappa shape index (κ2) is 8.25. The first-order valence-electron chi connectivity index (χ1n) is 8.00. The zero-order valence-electron chi connectivity index (χ0n) is 13.0. The molecule has 118 valence electrons. The Morgan fingerprint density at radius 3 is 3.00 bits per heavy atom. The number of halogens is 2. The highest BCUT2D eigenvalue weighted by molar-refractivity contribution is 9.10. The lowest BCUT2D eigenvalue weighted by Gasteiger charge is -2.33. The van der Waals surface area contributed by atoms with E-state index in [1.807, 2.05) is 13.0 Å². The Balaban J connectivity index is 1.74. The first-order valence-corrected chi connectivity index (χ1v) is 8.79. The average Bonchev–Trinajstić information content (AvgIpc) is 2.47. The van der Waals surface area contributed by atoms with Gasteiger partial charge in [-0.1, -0.05) is 22.4 Å². The van der Waals surface area contributed by atoms with Gasteiger partial charge in [0.05, 0.1) is 0 Å². The van der Waals surface area contributed by atoms with Gasteiger partial charge < -0.3 is 10.2 Å². The molecule has 1 aromatic carbocycles. The van der Waals surface area contributed by atoms with Crippen LogP contribution in [0.25, 0.3) is 0 Å². The molecule has 0 saturated carbocycles. The van der Waals surface area contributed by atoms with Crippen LogP contribution in [0.4, 0.5) is 4.39 Å². The van der Waals surface area contributed by atoms with E-state index in [9.17, 15) is 4.39 Å². The van der Waals surface area contributed by atoms with Gasteiger partial charge in [-0.3, -0.25) is 0 Å². The third-order valence-electron chi connectivity index (χ3n) is 4.44. The zero-order chi connectivity index (χ0) is 15.2. The maximum absolute atomic E-state index is 13.8. The molecule has 4 heteroatoms. The number of piperidine rings is 1. The summed E-state index contributed by atoms with van der Waals surface area (Å²) < 4.78 is 14.7. The molecule has 0 aromatic heterocycles. The molecule has 1 aromatic rings. The molecule has 0 radical (unpaired) electrons. The van der Waals surface area contributed by atoms with Gasteiger partial charge in [-0.05, 0) is 70.9 Å². The quantitative estimate of drug-likeness (QED) is 0.754. The minimum Gasteiger partial charge on any atom is -0.310 e. The SMILES string of the molecule is CC(NCCCN1CCCCC1C)c1cc(Br)ccc1F. The van der Waals surface area contributed by atoms with Gasteiger partial charge in [0.25, 0.3) is 0 Å². The van der Waals surface area contributed by atoms with Gasteiger partial charge in [-0.2, -0.15) is 0 Å². The van der Waals surface area contributed by atoms with Gasteiger partial charge in [0.2, 0.25) is 0 Å². The molecule has 1 heterocycles. The van der Waals surface area contributed by atoms with E-state index in [-0.39, 0.29) is 11.9 Å². The number of benzene rings is 1. The molecule has 2 rings (SSSR count). The van der Waals surface area contributed by atoms with Crippen LogP contribution >= 0.6 is 15.9 Å². The Morgan fingerprint density at radius 1 is 1.43 bits per heavy atom. The van der Waals surface area contributed by atoms with Crippen molar-refractivity contribution in [3.05, 3.63) is 34.1 Å². The number of rotatable bonds is 6. The summed E-state index contributed by atoms with van der Waals surface area (Å²) in [7, 11) is 0. The fourth-order valence-electron chi connectivity index (χ4n) is 3.05. The Kier molecular flexibility index (Phi) is 6.65. The molecular formula is C17H26BrFN2. The summed E-state index contributed by atoms with van der Waals surface area (Å²) in [4.78, 5) is 2.58. The van der Waals surface area contributed by atoms with Gasteiger partial charge in [-0.15, -0.1) is 0 Å². The van der Waals surface area contributed by atoms with E-state index in [4.69, 9.17) is 0 Å². The van der Waals surface area contributed by atoms with Crippen molar-refractivity contribution in [3.8, 4) is 0 Å². The van der Waals surface area contributed by atoms with Crippen LogP contribution in [0.1, 0.15) is 51.1 Å². The van der Waals surface area contributed by atoms with Crippen molar-refractivity contribution in [2.45, 2.75) is 51.6 Å². The Labute approximate surface area is 136 Å². The number of nitrogens with zero attached hydrogens (tertiary/aromatic N) is 1. The van der Waals surface area contributed by atoms with Crippen molar-refractivity contribution in [1.29, 1.82) is 0 Å². The fourth-order valence-corrected chi connectivity index (χ4v) is 3.43. The van der Waals surface area contributed by atoms with Gasteiger partial charge in [0.15, 0.2) is 0 Å². The molecule has 2 unspecified atom stereocenters. The van der Waals surface area contributed by atoms with Gasteiger partial charge in [0, 0.05) is 22.1 Å². The summed E-state index contributed by atoms with van der Waals surface area (Å²) in [6, 6.07) is 5.88. The Morgan fingerprint density at radius 2 is 2.24 bits per heavy atom. The first kappa shape index (κ1) is 16.9. The molecule has 0 amide bonds. The first-order chi connectivity index (χ1) is 10.1. The van der Waals surface area contributed by atoms with E-state index in [1.165, 1.54) is 31.9 Å². The molecule has 21 heavy (non-hydrogen) atoms. The third-order valence-corrected chi connectivity index (χ3v) is 4.93. The smallest absolute Gasteiger partial charge is 0.128 e. The predicted octanol–water partition coefficient (Wildman–Crippen LogP) is 4.50. The molecule has 1 saturated heterocycles. The minimum absolute atomic E-state index is 0.0429. The Bertz CT molecular complexity index is 452. The van der Waals surface area contributed by atoms with Gasteiger partial charge in [0.1, 0.15) is 5.82 Å². The normalized spacial score (nSPS) is 21.4. The molecule has 1 fully saturated rings. The van der Waals surface area contributed by atoms with Crippen LogP contribution in [0.15, 0.2) is 22.7 Å². The molecule has 1 N–H and O–H groups in total. The molecule has 0 bridgehead atoms.